The monoisotopic (exact) mass is 260 g/mol. The topological polar surface area (TPSA) is 80.0 Å². The number of hydrogen-bond acceptors (Lipinski definition) is 5. The van der Waals surface area contributed by atoms with Gasteiger partial charge >= 0.3 is 0 Å². The minimum absolute atomic E-state index is 0.0710. The Balaban J connectivity index is 1.83. The van der Waals surface area contributed by atoms with E-state index in [4.69, 9.17) is 4.52 Å². The van der Waals surface area contributed by atoms with E-state index in [-0.39, 0.29) is 5.91 Å². The predicted octanol–water partition coefficient (Wildman–Crippen LogP) is 1.36. The first-order valence-electron chi connectivity index (χ1n) is 6.07. The number of benzene rings is 1. The molecule has 1 aromatic carbocycles. The molecule has 0 aliphatic carbocycles. The Morgan fingerprint density at radius 3 is 2.95 bits per heavy atom. The van der Waals surface area contributed by atoms with Crippen molar-refractivity contribution in [3.05, 3.63) is 42.0 Å². The lowest BCUT2D eigenvalue weighted by Crippen LogP contribution is -2.18. The van der Waals surface area contributed by atoms with Gasteiger partial charge in [-0.3, -0.25) is 4.79 Å². The van der Waals surface area contributed by atoms with Crippen LogP contribution in [0, 0.1) is 0 Å². The number of aromatic nitrogens is 2. The van der Waals surface area contributed by atoms with Crippen LogP contribution in [0.2, 0.25) is 0 Å². The van der Waals surface area contributed by atoms with Crippen molar-refractivity contribution in [1.29, 1.82) is 0 Å². The molecule has 0 unspecified atom stereocenters. The standard InChI is InChI=1S/C13H16N4O2/c1-10(18)17-12-5-3-2-4-11(12)8-14-7-6-13-15-9-16-19-13/h2-5,9,14H,6-8H2,1H3,(H,17,18). The number of nitrogens with one attached hydrogen (secondary N) is 2. The van der Waals surface area contributed by atoms with Crippen LogP contribution in [0.1, 0.15) is 18.4 Å². The molecule has 0 saturated heterocycles. The van der Waals surface area contributed by atoms with E-state index in [0.29, 0.717) is 18.9 Å². The fourth-order valence-electron chi connectivity index (χ4n) is 1.71. The second kappa shape index (κ2) is 6.65. The average molecular weight is 260 g/mol. The Morgan fingerprint density at radius 1 is 1.37 bits per heavy atom. The summed E-state index contributed by atoms with van der Waals surface area (Å²) < 4.78 is 4.90. The van der Waals surface area contributed by atoms with E-state index in [9.17, 15) is 4.79 Å². The summed E-state index contributed by atoms with van der Waals surface area (Å²) in [5.74, 6) is 0.543. The van der Waals surface area contributed by atoms with E-state index in [1.54, 1.807) is 0 Å². The molecule has 0 bridgehead atoms. The number of hydrogen-bond donors (Lipinski definition) is 2. The van der Waals surface area contributed by atoms with Gasteiger partial charge in [-0.05, 0) is 11.6 Å². The van der Waals surface area contributed by atoms with Crippen LogP contribution in [0.15, 0.2) is 35.1 Å². The Kier molecular flexibility index (Phi) is 4.63. The zero-order valence-electron chi connectivity index (χ0n) is 10.7. The van der Waals surface area contributed by atoms with Crippen molar-refractivity contribution in [3.63, 3.8) is 0 Å². The highest BCUT2D eigenvalue weighted by Crippen LogP contribution is 2.14. The molecule has 2 rings (SSSR count). The smallest absolute Gasteiger partial charge is 0.227 e. The van der Waals surface area contributed by atoms with Gasteiger partial charge in [-0.25, -0.2) is 0 Å². The average Bonchev–Trinajstić information content (AvgIpc) is 2.89. The van der Waals surface area contributed by atoms with E-state index in [0.717, 1.165) is 17.8 Å². The highest BCUT2D eigenvalue weighted by atomic mass is 16.5. The largest absolute Gasteiger partial charge is 0.340 e. The van der Waals surface area contributed by atoms with Gasteiger partial charge in [0.15, 0.2) is 6.33 Å². The lowest BCUT2D eigenvalue weighted by atomic mass is 10.1. The molecule has 0 fully saturated rings. The number of amides is 1. The highest BCUT2D eigenvalue weighted by molar-refractivity contribution is 5.89. The fourth-order valence-corrected chi connectivity index (χ4v) is 1.71. The second-order valence-electron chi connectivity index (χ2n) is 4.10. The Bertz CT molecular complexity index is 525. The summed E-state index contributed by atoms with van der Waals surface area (Å²) in [6.45, 7) is 2.90. The Labute approximate surface area is 111 Å². The maximum Gasteiger partial charge on any atom is 0.227 e. The van der Waals surface area contributed by atoms with Gasteiger partial charge in [-0.1, -0.05) is 23.4 Å². The van der Waals surface area contributed by atoms with Crippen molar-refractivity contribution in [1.82, 2.24) is 15.5 Å². The third kappa shape index (κ3) is 4.18. The van der Waals surface area contributed by atoms with Crippen molar-refractivity contribution < 1.29 is 9.32 Å². The quantitative estimate of drug-likeness (QED) is 0.767. The molecule has 100 valence electrons. The number of carbonyl (C=O) groups excluding carboxylic acids is 1. The van der Waals surface area contributed by atoms with Crippen LogP contribution in [-0.4, -0.2) is 22.6 Å². The molecule has 0 saturated carbocycles. The van der Waals surface area contributed by atoms with Crippen molar-refractivity contribution in [2.45, 2.75) is 19.9 Å². The first-order valence-corrected chi connectivity index (χ1v) is 6.07. The van der Waals surface area contributed by atoms with Crippen LogP contribution in [-0.2, 0) is 17.8 Å². The summed E-state index contributed by atoms with van der Waals surface area (Å²) in [5.41, 5.74) is 1.88. The third-order valence-electron chi connectivity index (χ3n) is 2.57. The second-order valence-corrected chi connectivity index (χ2v) is 4.10. The minimum Gasteiger partial charge on any atom is -0.340 e. The Morgan fingerprint density at radius 2 is 2.21 bits per heavy atom. The van der Waals surface area contributed by atoms with E-state index in [2.05, 4.69) is 20.8 Å². The summed E-state index contributed by atoms with van der Waals surface area (Å²) in [5, 5.41) is 9.63. The summed E-state index contributed by atoms with van der Waals surface area (Å²) in [6.07, 6.45) is 2.07. The lowest BCUT2D eigenvalue weighted by Gasteiger charge is -2.10. The molecule has 19 heavy (non-hydrogen) atoms. The van der Waals surface area contributed by atoms with Gasteiger partial charge in [0.25, 0.3) is 0 Å². The molecule has 0 spiro atoms. The Hall–Kier alpha value is -2.21. The van der Waals surface area contributed by atoms with Gasteiger partial charge in [0, 0.05) is 32.1 Å². The van der Waals surface area contributed by atoms with Crippen LogP contribution in [0.4, 0.5) is 5.69 Å². The molecule has 0 atom stereocenters. The zero-order valence-corrected chi connectivity index (χ0v) is 10.7. The predicted molar refractivity (Wildman–Crippen MR) is 70.5 cm³/mol. The van der Waals surface area contributed by atoms with Crippen molar-refractivity contribution >= 4 is 11.6 Å². The van der Waals surface area contributed by atoms with Gasteiger partial charge in [-0.2, -0.15) is 4.98 Å². The zero-order chi connectivity index (χ0) is 13.5. The molecule has 2 aromatic rings. The molecule has 0 radical (unpaired) electrons. The van der Waals surface area contributed by atoms with Crippen LogP contribution in [0.5, 0.6) is 0 Å². The van der Waals surface area contributed by atoms with E-state index >= 15 is 0 Å². The fraction of sp³-hybridized carbons (Fsp3) is 0.308. The van der Waals surface area contributed by atoms with Crippen LogP contribution in [0.25, 0.3) is 0 Å². The molecule has 0 aliphatic heterocycles. The first-order chi connectivity index (χ1) is 9.25. The van der Waals surface area contributed by atoms with E-state index in [1.807, 2.05) is 24.3 Å². The van der Waals surface area contributed by atoms with Crippen molar-refractivity contribution in [3.8, 4) is 0 Å². The maximum absolute atomic E-state index is 11.1. The molecule has 1 heterocycles. The maximum atomic E-state index is 11.1. The third-order valence-corrected chi connectivity index (χ3v) is 2.57. The lowest BCUT2D eigenvalue weighted by molar-refractivity contribution is -0.114. The molecule has 1 amide bonds. The molecule has 2 N–H and O–H groups in total. The summed E-state index contributed by atoms with van der Waals surface area (Å²) in [4.78, 5) is 15.0. The number of para-hydroxylation sites is 1. The molecule has 1 aromatic heterocycles. The van der Waals surface area contributed by atoms with Gasteiger partial charge < -0.3 is 15.2 Å². The van der Waals surface area contributed by atoms with Crippen molar-refractivity contribution in [2.24, 2.45) is 0 Å². The molecular formula is C13H16N4O2. The van der Waals surface area contributed by atoms with Crippen molar-refractivity contribution in [2.75, 3.05) is 11.9 Å². The van der Waals surface area contributed by atoms with E-state index in [1.165, 1.54) is 13.3 Å². The summed E-state index contributed by atoms with van der Waals surface area (Å²) >= 11 is 0. The highest BCUT2D eigenvalue weighted by Gasteiger charge is 2.03. The normalized spacial score (nSPS) is 10.4. The van der Waals surface area contributed by atoms with E-state index < -0.39 is 0 Å². The SMILES string of the molecule is CC(=O)Nc1ccccc1CNCCc1ncno1. The number of carbonyl (C=O) groups is 1. The number of rotatable bonds is 6. The van der Waals surface area contributed by atoms with Gasteiger partial charge in [-0.15, -0.1) is 0 Å². The number of anilines is 1. The van der Waals surface area contributed by atoms with Gasteiger partial charge in [0.05, 0.1) is 0 Å². The van der Waals surface area contributed by atoms with Crippen LogP contribution < -0.4 is 10.6 Å². The molecule has 6 nitrogen and oxygen atoms in total. The van der Waals surface area contributed by atoms with Crippen LogP contribution >= 0.6 is 0 Å². The summed E-state index contributed by atoms with van der Waals surface area (Å²) in [7, 11) is 0. The van der Waals surface area contributed by atoms with Gasteiger partial charge in [0.1, 0.15) is 0 Å². The summed E-state index contributed by atoms with van der Waals surface area (Å²) in [6, 6.07) is 7.70. The molecular weight excluding hydrogens is 244 g/mol. The van der Waals surface area contributed by atoms with Crippen LogP contribution in [0.3, 0.4) is 0 Å². The molecule has 6 heteroatoms. The number of nitrogens with zero attached hydrogens (tertiary/aromatic N) is 2. The first kappa shape index (κ1) is 13.2. The minimum atomic E-state index is -0.0710. The van der Waals surface area contributed by atoms with Gasteiger partial charge in [0.2, 0.25) is 11.8 Å². The molecule has 0 aliphatic rings.